The van der Waals surface area contributed by atoms with E-state index in [4.69, 9.17) is 4.74 Å². The van der Waals surface area contributed by atoms with Gasteiger partial charge < -0.3 is 20.5 Å². The van der Waals surface area contributed by atoms with Crippen LogP contribution in [0.25, 0.3) is 0 Å². The van der Waals surface area contributed by atoms with Crippen LogP contribution in [0.4, 0.5) is 8.78 Å². The van der Waals surface area contributed by atoms with Crippen molar-refractivity contribution in [3.63, 3.8) is 0 Å². The lowest BCUT2D eigenvalue weighted by Crippen LogP contribution is -2.52. The zero-order valence-corrected chi connectivity index (χ0v) is 20.6. The number of nitrogens with zero attached hydrogens (tertiary/aromatic N) is 1. The molecule has 1 spiro atoms. The van der Waals surface area contributed by atoms with Crippen LogP contribution in [0.1, 0.15) is 69.2 Å². The van der Waals surface area contributed by atoms with E-state index in [1.807, 2.05) is 6.07 Å². The minimum absolute atomic E-state index is 0.118. The van der Waals surface area contributed by atoms with Gasteiger partial charge >= 0.3 is 0 Å². The van der Waals surface area contributed by atoms with Crippen LogP contribution in [0.3, 0.4) is 0 Å². The average Bonchev–Trinajstić information content (AvgIpc) is 2.75. The standard InChI is InChI=1S/C27H35F2N3O3/c1-17(33)32-22(12-18-5-7-20(28)8-6-18)24(34)16-30-23-14-27(9-4-10-27)35-25-21(23)11-19(15-31-25)13-26(2,3)29/h5-8,11,15,22-24,30,34H,4,9-10,12-14,16H2,1-3H3,(H,32,33)/t22-,23-,24-/m0/s1. The molecule has 1 aromatic carbocycles. The molecule has 2 aromatic rings. The smallest absolute Gasteiger partial charge is 0.218 e. The summed E-state index contributed by atoms with van der Waals surface area (Å²) in [6.45, 7) is 4.72. The molecule has 4 rings (SSSR count). The van der Waals surface area contributed by atoms with Crippen LogP contribution >= 0.6 is 0 Å². The Hall–Kier alpha value is -2.58. The minimum atomic E-state index is -1.36. The normalized spacial score (nSPS) is 20.3. The summed E-state index contributed by atoms with van der Waals surface area (Å²) in [5.41, 5.74) is 0.868. The highest BCUT2D eigenvalue weighted by Gasteiger charge is 2.46. The van der Waals surface area contributed by atoms with Gasteiger partial charge in [-0.3, -0.25) is 4.79 Å². The Balaban J connectivity index is 1.49. The number of hydrogen-bond donors (Lipinski definition) is 3. The molecule has 1 aliphatic carbocycles. The van der Waals surface area contributed by atoms with Crippen molar-refractivity contribution in [2.75, 3.05) is 6.54 Å². The maximum Gasteiger partial charge on any atom is 0.218 e. The van der Waals surface area contributed by atoms with Gasteiger partial charge in [-0.2, -0.15) is 0 Å². The van der Waals surface area contributed by atoms with E-state index in [0.29, 0.717) is 12.3 Å². The first-order chi connectivity index (χ1) is 16.5. The maximum absolute atomic E-state index is 14.3. The summed E-state index contributed by atoms with van der Waals surface area (Å²) in [6.07, 6.45) is 5.15. The molecule has 0 unspecified atom stereocenters. The lowest BCUT2D eigenvalue weighted by atomic mass is 9.73. The highest BCUT2D eigenvalue weighted by atomic mass is 19.1. The zero-order valence-electron chi connectivity index (χ0n) is 20.6. The molecule has 1 saturated carbocycles. The van der Waals surface area contributed by atoms with E-state index in [2.05, 4.69) is 15.6 Å². The molecule has 0 saturated heterocycles. The van der Waals surface area contributed by atoms with Gasteiger partial charge in [0.1, 0.15) is 17.1 Å². The van der Waals surface area contributed by atoms with Gasteiger partial charge in [-0.1, -0.05) is 12.1 Å². The number of halogens is 2. The molecule has 3 atom stereocenters. The molecule has 1 aromatic heterocycles. The van der Waals surface area contributed by atoms with Crippen molar-refractivity contribution < 1.29 is 23.4 Å². The van der Waals surface area contributed by atoms with Crippen molar-refractivity contribution in [3.05, 3.63) is 59.0 Å². The van der Waals surface area contributed by atoms with E-state index in [9.17, 15) is 18.7 Å². The largest absolute Gasteiger partial charge is 0.471 e. The number of pyridine rings is 1. The topological polar surface area (TPSA) is 83.5 Å². The van der Waals surface area contributed by atoms with Crippen LogP contribution < -0.4 is 15.4 Å². The van der Waals surface area contributed by atoms with Crippen molar-refractivity contribution in [3.8, 4) is 5.88 Å². The number of carbonyl (C=O) groups is 1. The Morgan fingerprint density at radius 1 is 1.29 bits per heavy atom. The highest BCUT2D eigenvalue weighted by molar-refractivity contribution is 5.73. The lowest BCUT2D eigenvalue weighted by Gasteiger charge is -2.47. The molecule has 6 nitrogen and oxygen atoms in total. The number of hydrogen-bond acceptors (Lipinski definition) is 5. The molecule has 2 heterocycles. The van der Waals surface area contributed by atoms with Crippen molar-refractivity contribution in [1.29, 1.82) is 0 Å². The number of carbonyl (C=O) groups excluding carboxylic acids is 1. The molecular formula is C27H35F2N3O3. The molecular weight excluding hydrogens is 452 g/mol. The quantitative estimate of drug-likeness (QED) is 0.499. The van der Waals surface area contributed by atoms with Crippen molar-refractivity contribution >= 4 is 5.91 Å². The number of aliphatic hydroxyl groups is 1. The number of aromatic nitrogens is 1. The Morgan fingerprint density at radius 2 is 2.00 bits per heavy atom. The Kier molecular flexibility index (Phi) is 7.43. The zero-order chi connectivity index (χ0) is 25.2. The SMILES string of the molecule is CC(=O)N[C@@H](Cc1ccc(F)cc1)[C@@H](O)CN[C@H]1CC2(CCC2)Oc2ncc(CC(C)(C)F)cc21. The van der Waals surface area contributed by atoms with Crippen molar-refractivity contribution in [2.45, 2.75) is 88.8 Å². The fourth-order valence-electron chi connectivity index (χ4n) is 5.04. The molecule has 0 bridgehead atoms. The number of nitrogens with one attached hydrogen (secondary N) is 2. The summed E-state index contributed by atoms with van der Waals surface area (Å²) in [4.78, 5) is 16.3. The first kappa shape index (κ1) is 25.5. The number of aliphatic hydroxyl groups excluding tert-OH is 1. The predicted molar refractivity (Wildman–Crippen MR) is 129 cm³/mol. The summed E-state index contributed by atoms with van der Waals surface area (Å²) in [7, 11) is 0. The second-order valence-corrected chi connectivity index (χ2v) is 10.6. The first-order valence-corrected chi connectivity index (χ1v) is 12.3. The molecule has 8 heteroatoms. The third-order valence-electron chi connectivity index (χ3n) is 6.88. The van der Waals surface area contributed by atoms with E-state index in [-0.39, 0.29) is 36.3 Å². The molecule has 3 N–H and O–H groups in total. The van der Waals surface area contributed by atoms with E-state index >= 15 is 0 Å². The molecule has 1 amide bonds. The van der Waals surface area contributed by atoms with Gasteiger partial charge in [-0.15, -0.1) is 0 Å². The monoisotopic (exact) mass is 487 g/mol. The molecule has 1 fully saturated rings. The van der Waals surface area contributed by atoms with E-state index < -0.39 is 17.8 Å². The third-order valence-corrected chi connectivity index (χ3v) is 6.88. The van der Waals surface area contributed by atoms with Crippen molar-refractivity contribution in [2.24, 2.45) is 0 Å². The molecule has 190 valence electrons. The van der Waals surface area contributed by atoms with Crippen LogP contribution in [-0.2, 0) is 17.6 Å². The Bertz CT molecular complexity index is 1030. The van der Waals surface area contributed by atoms with Crippen LogP contribution in [0.15, 0.2) is 36.5 Å². The molecule has 0 radical (unpaired) electrons. The fraction of sp³-hybridized carbons (Fsp3) is 0.556. The number of rotatable bonds is 9. The predicted octanol–water partition coefficient (Wildman–Crippen LogP) is 3.96. The number of amides is 1. The van der Waals surface area contributed by atoms with Crippen LogP contribution in [-0.4, -0.2) is 46.0 Å². The minimum Gasteiger partial charge on any atom is -0.471 e. The van der Waals surface area contributed by atoms with Gasteiger partial charge in [-0.25, -0.2) is 13.8 Å². The summed E-state index contributed by atoms with van der Waals surface area (Å²) in [6, 6.07) is 7.32. The average molecular weight is 488 g/mol. The number of alkyl halides is 1. The second-order valence-electron chi connectivity index (χ2n) is 10.6. The van der Waals surface area contributed by atoms with Gasteiger partial charge in [0.25, 0.3) is 0 Å². The summed E-state index contributed by atoms with van der Waals surface area (Å²) in [5, 5.41) is 17.3. The third kappa shape index (κ3) is 6.55. The van der Waals surface area contributed by atoms with Gasteiger partial charge in [0.05, 0.1) is 12.1 Å². The molecule has 35 heavy (non-hydrogen) atoms. The Labute approximate surface area is 205 Å². The van der Waals surface area contributed by atoms with Crippen LogP contribution in [0.2, 0.25) is 0 Å². The number of fused-ring (bicyclic) bond motifs is 1. The maximum atomic E-state index is 14.3. The van der Waals surface area contributed by atoms with Gasteiger partial charge in [0, 0.05) is 44.1 Å². The summed E-state index contributed by atoms with van der Waals surface area (Å²) in [5.74, 6) is -0.0176. The second kappa shape index (κ2) is 10.2. The fourth-order valence-corrected chi connectivity index (χ4v) is 5.04. The first-order valence-electron chi connectivity index (χ1n) is 12.3. The van der Waals surface area contributed by atoms with Crippen LogP contribution in [0.5, 0.6) is 5.88 Å². The van der Waals surface area contributed by atoms with Gasteiger partial charge in [-0.05, 0) is 68.9 Å². The molecule has 1 aliphatic heterocycles. The van der Waals surface area contributed by atoms with E-state index in [1.54, 1.807) is 32.2 Å². The van der Waals surface area contributed by atoms with Crippen molar-refractivity contribution in [1.82, 2.24) is 15.6 Å². The highest BCUT2D eigenvalue weighted by Crippen LogP contribution is 2.48. The molecule has 2 aliphatic rings. The number of ether oxygens (including phenoxy) is 1. The Morgan fingerprint density at radius 3 is 2.60 bits per heavy atom. The van der Waals surface area contributed by atoms with E-state index in [1.165, 1.54) is 19.1 Å². The lowest BCUT2D eigenvalue weighted by molar-refractivity contribution is -0.120. The van der Waals surface area contributed by atoms with Crippen LogP contribution in [0, 0.1) is 5.82 Å². The number of benzene rings is 1. The summed E-state index contributed by atoms with van der Waals surface area (Å²) < 4.78 is 33.8. The van der Waals surface area contributed by atoms with E-state index in [0.717, 1.165) is 42.4 Å². The van der Waals surface area contributed by atoms with Gasteiger partial charge in [0.2, 0.25) is 11.8 Å². The van der Waals surface area contributed by atoms with Gasteiger partial charge in [0.15, 0.2) is 0 Å². The summed E-state index contributed by atoms with van der Waals surface area (Å²) >= 11 is 0.